The van der Waals surface area contributed by atoms with Crippen molar-refractivity contribution < 1.29 is 37.0 Å². The largest absolute Gasteiger partial charge is 0.495 e. The number of alkyl halides is 3. The summed E-state index contributed by atoms with van der Waals surface area (Å²) in [6.45, 7) is -0.583. The van der Waals surface area contributed by atoms with Crippen molar-refractivity contribution >= 4 is 79.7 Å². The van der Waals surface area contributed by atoms with Gasteiger partial charge in [-0.25, -0.2) is 0 Å². The van der Waals surface area contributed by atoms with Crippen molar-refractivity contribution in [2.45, 2.75) is 12.8 Å². The Hall–Kier alpha value is -3.19. The van der Waals surface area contributed by atoms with E-state index in [1.54, 1.807) is 36.4 Å². The number of carbonyl (C=O) groups excluding carboxylic acids is 3. The van der Waals surface area contributed by atoms with Gasteiger partial charge in [0.25, 0.3) is 11.1 Å². The first-order chi connectivity index (χ1) is 19.3. The minimum Gasteiger partial charge on any atom is -0.495 e. The van der Waals surface area contributed by atoms with Crippen molar-refractivity contribution in [2.24, 2.45) is 0 Å². The number of benzene rings is 3. The number of amides is 3. The van der Waals surface area contributed by atoms with Gasteiger partial charge in [0.15, 0.2) is 0 Å². The summed E-state index contributed by atoms with van der Waals surface area (Å²) in [4.78, 5) is 39.0. The van der Waals surface area contributed by atoms with Gasteiger partial charge in [0.05, 0.1) is 33.3 Å². The van der Waals surface area contributed by atoms with E-state index in [0.717, 1.165) is 17.7 Å². The van der Waals surface area contributed by atoms with E-state index in [4.69, 9.17) is 32.7 Å². The van der Waals surface area contributed by atoms with Crippen molar-refractivity contribution in [1.82, 2.24) is 4.90 Å². The Balaban J connectivity index is 1.50. The van der Waals surface area contributed by atoms with Gasteiger partial charge in [-0.05, 0) is 71.9 Å². The summed E-state index contributed by atoms with van der Waals surface area (Å²) in [6, 6.07) is 12.7. The number of nitrogens with zero attached hydrogens (tertiary/aromatic N) is 1. The molecule has 4 rings (SSSR count). The second-order valence-corrected chi connectivity index (χ2v) is 11.2. The van der Waals surface area contributed by atoms with E-state index in [2.05, 4.69) is 21.2 Å². The molecule has 1 aliphatic heterocycles. The van der Waals surface area contributed by atoms with Gasteiger partial charge < -0.3 is 14.8 Å². The molecule has 0 aliphatic carbocycles. The molecular weight excluding hydrogens is 672 g/mol. The normalized spacial score (nSPS) is 14.5. The van der Waals surface area contributed by atoms with Crippen LogP contribution in [-0.4, -0.2) is 35.6 Å². The maximum Gasteiger partial charge on any atom is 0.416 e. The lowest BCUT2D eigenvalue weighted by molar-refractivity contribution is -0.137. The zero-order chi connectivity index (χ0) is 29.9. The zero-order valence-corrected chi connectivity index (χ0v) is 24.8. The van der Waals surface area contributed by atoms with Crippen LogP contribution in [0, 0.1) is 0 Å². The molecule has 1 fully saturated rings. The number of halogens is 6. The van der Waals surface area contributed by atoms with Crippen molar-refractivity contribution in [1.29, 1.82) is 0 Å². The number of ether oxygens (including phenoxy) is 2. The number of hydrogen-bond acceptors (Lipinski definition) is 6. The van der Waals surface area contributed by atoms with Crippen LogP contribution in [0.4, 0.5) is 23.7 Å². The molecular formula is C27H18BrCl2F3N2O5S. The van der Waals surface area contributed by atoms with Crippen LogP contribution in [-0.2, 0) is 22.4 Å². The highest BCUT2D eigenvalue weighted by Gasteiger charge is 2.37. The zero-order valence-electron chi connectivity index (χ0n) is 20.9. The molecule has 1 saturated heterocycles. The van der Waals surface area contributed by atoms with Gasteiger partial charge in [-0.3, -0.25) is 19.3 Å². The van der Waals surface area contributed by atoms with Crippen LogP contribution in [0.1, 0.15) is 16.7 Å². The molecule has 0 atom stereocenters. The van der Waals surface area contributed by atoms with E-state index in [9.17, 15) is 27.6 Å². The van der Waals surface area contributed by atoms with Gasteiger partial charge in [0, 0.05) is 10.0 Å². The van der Waals surface area contributed by atoms with Gasteiger partial charge in [-0.2, -0.15) is 13.2 Å². The number of thioether (sulfide) groups is 1. The standard InChI is InChI=1S/C27H18BrCl2F3N2O5S/c1-39-22-6-3-16(27(31,32)33)11-20(22)34-24(36)12-35-25(37)23(41-26(35)38)10-15-9-17(28)4-7-21(15)40-13-14-2-5-18(29)19(30)8-14/h2-11H,12-13H2,1H3,(H,34,36)/b23-10-. The fourth-order valence-corrected chi connectivity index (χ4v) is 5.18. The molecule has 0 bridgehead atoms. The van der Waals surface area contributed by atoms with Gasteiger partial charge in [-0.1, -0.05) is 45.2 Å². The Labute approximate surface area is 254 Å². The van der Waals surface area contributed by atoms with E-state index in [-0.39, 0.29) is 22.9 Å². The summed E-state index contributed by atoms with van der Waals surface area (Å²) < 4.78 is 51.0. The molecule has 1 heterocycles. The van der Waals surface area contributed by atoms with Crippen LogP contribution >= 0.6 is 50.9 Å². The Morgan fingerprint density at radius 2 is 1.78 bits per heavy atom. The average molecular weight is 690 g/mol. The summed E-state index contributed by atoms with van der Waals surface area (Å²) >= 11 is 16.0. The van der Waals surface area contributed by atoms with Gasteiger partial charge in [0.1, 0.15) is 24.7 Å². The first-order valence-corrected chi connectivity index (χ1v) is 13.9. The van der Waals surface area contributed by atoms with Crippen molar-refractivity contribution in [3.05, 3.63) is 90.7 Å². The van der Waals surface area contributed by atoms with Gasteiger partial charge in [-0.15, -0.1) is 0 Å². The summed E-state index contributed by atoms with van der Waals surface area (Å²) in [5.41, 5.74) is -0.0401. The minimum absolute atomic E-state index is 0.0246. The fourth-order valence-electron chi connectivity index (χ4n) is 3.65. The number of hydrogen-bond donors (Lipinski definition) is 1. The summed E-state index contributed by atoms with van der Waals surface area (Å²) in [5, 5.41) is 2.33. The molecule has 41 heavy (non-hydrogen) atoms. The summed E-state index contributed by atoms with van der Waals surface area (Å²) in [7, 11) is 1.23. The van der Waals surface area contributed by atoms with Gasteiger partial charge >= 0.3 is 6.18 Å². The highest BCUT2D eigenvalue weighted by Crippen LogP contribution is 2.37. The highest BCUT2D eigenvalue weighted by molar-refractivity contribution is 9.10. The van der Waals surface area contributed by atoms with Crippen molar-refractivity contribution in [2.75, 3.05) is 19.0 Å². The van der Waals surface area contributed by atoms with Crippen LogP contribution in [0.2, 0.25) is 10.0 Å². The van der Waals surface area contributed by atoms with E-state index in [1.165, 1.54) is 13.2 Å². The maximum absolute atomic E-state index is 13.1. The fraction of sp³-hybridized carbons (Fsp3) is 0.148. The SMILES string of the molecule is COc1ccc(C(F)(F)F)cc1NC(=O)CN1C(=O)S/C(=C\c2cc(Br)ccc2OCc2ccc(Cl)c(Cl)c2)C1=O. The second kappa shape index (κ2) is 12.8. The van der Waals surface area contributed by atoms with Crippen LogP contribution < -0.4 is 14.8 Å². The molecule has 1 aliphatic rings. The van der Waals surface area contributed by atoms with Crippen LogP contribution in [0.3, 0.4) is 0 Å². The second-order valence-electron chi connectivity index (χ2n) is 8.45. The third kappa shape index (κ3) is 7.56. The molecule has 3 aromatic rings. The van der Waals surface area contributed by atoms with Crippen molar-refractivity contribution in [3.8, 4) is 11.5 Å². The number of carbonyl (C=O) groups is 3. The first-order valence-electron chi connectivity index (χ1n) is 11.5. The molecule has 0 aromatic heterocycles. The number of anilines is 1. The van der Waals surface area contributed by atoms with Gasteiger partial charge in [0.2, 0.25) is 5.91 Å². The molecule has 0 spiro atoms. The lowest BCUT2D eigenvalue weighted by atomic mass is 10.1. The van der Waals surface area contributed by atoms with E-state index >= 15 is 0 Å². The molecule has 3 amide bonds. The Morgan fingerprint density at radius 3 is 2.46 bits per heavy atom. The number of rotatable bonds is 8. The first kappa shape index (κ1) is 30.8. The molecule has 214 valence electrons. The third-order valence-electron chi connectivity index (χ3n) is 5.61. The predicted molar refractivity (Wildman–Crippen MR) is 154 cm³/mol. The lowest BCUT2D eigenvalue weighted by Crippen LogP contribution is -2.36. The van der Waals surface area contributed by atoms with Crippen LogP contribution in [0.5, 0.6) is 11.5 Å². The molecule has 3 aromatic carbocycles. The van der Waals surface area contributed by atoms with E-state index < -0.39 is 35.3 Å². The van der Waals surface area contributed by atoms with E-state index in [0.29, 0.717) is 48.6 Å². The Kier molecular flexibility index (Phi) is 9.58. The topological polar surface area (TPSA) is 84.9 Å². The Bertz CT molecular complexity index is 1570. The number of imide groups is 1. The molecule has 7 nitrogen and oxygen atoms in total. The van der Waals surface area contributed by atoms with Crippen molar-refractivity contribution in [3.63, 3.8) is 0 Å². The predicted octanol–water partition coefficient (Wildman–Crippen LogP) is 8.04. The quantitative estimate of drug-likeness (QED) is 0.241. The molecule has 1 N–H and O–H groups in total. The van der Waals surface area contributed by atoms with E-state index in [1.807, 2.05) is 0 Å². The molecule has 0 unspecified atom stereocenters. The van der Waals surface area contributed by atoms with Crippen LogP contribution in [0.25, 0.3) is 6.08 Å². The highest BCUT2D eigenvalue weighted by atomic mass is 79.9. The maximum atomic E-state index is 13.1. The monoisotopic (exact) mass is 688 g/mol. The smallest absolute Gasteiger partial charge is 0.416 e. The third-order valence-corrected chi connectivity index (χ3v) is 7.75. The number of nitrogens with one attached hydrogen (secondary N) is 1. The lowest BCUT2D eigenvalue weighted by Gasteiger charge is -2.16. The molecule has 0 radical (unpaired) electrons. The molecule has 0 saturated carbocycles. The number of methoxy groups -OCH3 is 1. The summed E-state index contributed by atoms with van der Waals surface area (Å²) in [5.74, 6) is -1.26. The minimum atomic E-state index is -4.65. The molecule has 14 heteroatoms. The summed E-state index contributed by atoms with van der Waals surface area (Å²) in [6.07, 6.45) is -3.20. The average Bonchev–Trinajstić information content (AvgIpc) is 3.16. The van der Waals surface area contributed by atoms with Crippen LogP contribution in [0.15, 0.2) is 64.0 Å². The Morgan fingerprint density at radius 1 is 1.05 bits per heavy atom.